The van der Waals surface area contributed by atoms with Gasteiger partial charge in [0.05, 0.1) is 22.8 Å². The third-order valence-electron chi connectivity index (χ3n) is 4.04. The fourth-order valence-corrected chi connectivity index (χ4v) is 2.94. The minimum atomic E-state index is 0. The van der Waals surface area contributed by atoms with Gasteiger partial charge in [-0.25, -0.2) is 9.97 Å². The van der Waals surface area contributed by atoms with E-state index in [1.54, 1.807) is 0 Å². The summed E-state index contributed by atoms with van der Waals surface area (Å²) in [6, 6.07) is 16.4. The number of nitrogens with one attached hydrogen (secondary N) is 2. The molecule has 0 aromatic carbocycles. The third-order valence-corrected chi connectivity index (χ3v) is 4.04. The van der Waals surface area contributed by atoms with E-state index in [-0.39, 0.29) is 19.5 Å². The number of fused-ring (bicyclic) bond motifs is 8. The second kappa shape index (κ2) is 7.99. The predicted octanol–water partition coefficient (Wildman–Crippen LogP) is 4.90. The molecule has 0 saturated carbocycles. The largest absolute Gasteiger partial charge is 0.355 e. The standard InChI is InChI=1S/C20H14N4.C2H2.Zn/c1-2-14-10-16-5-6-18(23-16)12-20-8-7-19(24-20)11-17-4-3-15(22-17)9-13(1)21-14;1-2;/h1-12,21-22H;1-2H;. The molecule has 5 heteroatoms. The van der Waals surface area contributed by atoms with Crippen LogP contribution in [-0.4, -0.2) is 19.9 Å². The van der Waals surface area contributed by atoms with Gasteiger partial charge in [0.1, 0.15) is 0 Å². The van der Waals surface area contributed by atoms with E-state index in [1.807, 2.05) is 42.5 Å². The molecule has 2 N–H and O–H groups in total. The molecule has 0 unspecified atom stereocenters. The van der Waals surface area contributed by atoms with E-state index in [0.29, 0.717) is 0 Å². The maximum atomic E-state index is 4.62. The van der Waals surface area contributed by atoms with Crippen molar-refractivity contribution in [3.05, 3.63) is 71.3 Å². The molecule has 0 atom stereocenters. The van der Waals surface area contributed by atoms with Gasteiger partial charge < -0.3 is 9.97 Å². The Bertz CT molecular complexity index is 1120. The smallest absolute Gasteiger partial charge is 0.0659 e. The van der Waals surface area contributed by atoms with Crippen molar-refractivity contribution in [1.29, 1.82) is 0 Å². The maximum Gasteiger partial charge on any atom is 0.0659 e. The van der Waals surface area contributed by atoms with E-state index >= 15 is 0 Å². The topological polar surface area (TPSA) is 57.4 Å². The van der Waals surface area contributed by atoms with Crippen molar-refractivity contribution in [3.8, 4) is 12.8 Å². The monoisotopic (exact) mass is 400 g/mol. The zero-order chi connectivity index (χ0) is 17.9. The Labute approximate surface area is 169 Å². The van der Waals surface area contributed by atoms with Gasteiger partial charge in [0.25, 0.3) is 0 Å². The van der Waals surface area contributed by atoms with E-state index in [4.69, 9.17) is 0 Å². The van der Waals surface area contributed by atoms with Crippen LogP contribution < -0.4 is 0 Å². The molecule has 3 aromatic heterocycles. The van der Waals surface area contributed by atoms with Crippen molar-refractivity contribution in [2.24, 2.45) is 0 Å². The molecule has 0 radical (unpaired) electrons. The van der Waals surface area contributed by atoms with E-state index < -0.39 is 0 Å². The summed E-state index contributed by atoms with van der Waals surface area (Å²) in [7, 11) is 0. The summed E-state index contributed by atoms with van der Waals surface area (Å²) >= 11 is 0. The molecule has 0 spiro atoms. The number of nitrogens with zero attached hydrogens (tertiary/aromatic N) is 2. The fraction of sp³-hybridized carbons (Fsp3) is 0. The summed E-state index contributed by atoms with van der Waals surface area (Å²) in [6.07, 6.45) is 16.0. The van der Waals surface area contributed by atoms with E-state index in [2.05, 4.69) is 63.1 Å². The molecule has 8 bridgehead atoms. The molecule has 3 aromatic rings. The molecule has 4 nitrogen and oxygen atoms in total. The Morgan fingerprint density at radius 3 is 1.26 bits per heavy atom. The van der Waals surface area contributed by atoms with Gasteiger partial charge in [-0.2, -0.15) is 0 Å². The van der Waals surface area contributed by atoms with Gasteiger partial charge in [-0.15, -0.1) is 12.8 Å². The molecular formula is C22H16N4Zn. The minimum absolute atomic E-state index is 0. The number of terminal acetylenes is 1. The summed E-state index contributed by atoms with van der Waals surface area (Å²) in [5.41, 5.74) is 7.86. The third kappa shape index (κ3) is 4.14. The molecule has 2 aliphatic rings. The first-order valence-corrected chi connectivity index (χ1v) is 8.18. The summed E-state index contributed by atoms with van der Waals surface area (Å²) in [6.45, 7) is 0. The van der Waals surface area contributed by atoms with Gasteiger partial charge in [-0.3, -0.25) is 0 Å². The summed E-state index contributed by atoms with van der Waals surface area (Å²) in [4.78, 5) is 16.0. The molecule has 0 fully saturated rings. The Balaban J connectivity index is 0.000000680. The van der Waals surface area contributed by atoms with Crippen molar-refractivity contribution in [1.82, 2.24) is 19.9 Å². The van der Waals surface area contributed by atoms with Crippen molar-refractivity contribution in [3.63, 3.8) is 0 Å². The Kier molecular flexibility index (Phi) is 5.50. The molecule has 0 saturated heterocycles. The molecule has 5 rings (SSSR count). The van der Waals surface area contributed by atoms with Crippen LogP contribution in [0.3, 0.4) is 0 Å². The van der Waals surface area contributed by atoms with E-state index in [9.17, 15) is 0 Å². The first-order valence-electron chi connectivity index (χ1n) is 8.18. The van der Waals surface area contributed by atoms with Crippen molar-refractivity contribution in [2.45, 2.75) is 0 Å². The van der Waals surface area contributed by atoms with Crippen LogP contribution in [0.2, 0.25) is 0 Å². The second-order valence-electron chi connectivity index (χ2n) is 5.91. The number of rotatable bonds is 0. The van der Waals surface area contributed by atoms with E-state index in [0.717, 1.165) is 44.8 Å². The van der Waals surface area contributed by atoms with Gasteiger partial charge in [0.15, 0.2) is 0 Å². The summed E-state index contributed by atoms with van der Waals surface area (Å²) in [5, 5.41) is 0. The van der Waals surface area contributed by atoms with Gasteiger partial charge >= 0.3 is 0 Å². The first-order chi connectivity index (χ1) is 12.8. The average molecular weight is 402 g/mol. The Hall–Kier alpha value is -3.22. The quantitative estimate of drug-likeness (QED) is 0.286. The Morgan fingerprint density at radius 1 is 0.519 bits per heavy atom. The molecule has 0 amide bonds. The number of hydrogen-bond donors (Lipinski definition) is 2. The van der Waals surface area contributed by atoms with Crippen LogP contribution in [0.5, 0.6) is 0 Å². The normalized spacial score (nSPS) is 11.3. The van der Waals surface area contributed by atoms with Gasteiger partial charge in [0, 0.05) is 41.5 Å². The van der Waals surface area contributed by atoms with Gasteiger partial charge in [0.2, 0.25) is 0 Å². The van der Waals surface area contributed by atoms with Crippen molar-refractivity contribution < 1.29 is 19.5 Å². The molecule has 27 heavy (non-hydrogen) atoms. The number of hydrogen-bond acceptors (Lipinski definition) is 2. The maximum absolute atomic E-state index is 4.62. The zero-order valence-corrected chi connectivity index (χ0v) is 17.7. The van der Waals surface area contributed by atoms with Gasteiger partial charge in [-0.05, 0) is 72.8 Å². The van der Waals surface area contributed by atoms with Crippen LogP contribution in [0, 0.1) is 12.8 Å². The molecule has 0 aliphatic carbocycles. The van der Waals surface area contributed by atoms with E-state index in [1.165, 1.54) is 0 Å². The summed E-state index contributed by atoms with van der Waals surface area (Å²) < 4.78 is 0. The van der Waals surface area contributed by atoms with Crippen LogP contribution in [0.1, 0.15) is 22.8 Å². The number of aromatic amines is 2. The first kappa shape index (κ1) is 18.6. The SMILES string of the molecule is C#C.C1=Cc2cc3ccc(cc4ccc(cc5nc(cc1n2)C=C5)[nH]4)[nH]3.[Zn]. The predicted molar refractivity (Wildman–Crippen MR) is 109 cm³/mol. The van der Waals surface area contributed by atoms with Gasteiger partial charge in [-0.1, -0.05) is 0 Å². The van der Waals surface area contributed by atoms with Crippen LogP contribution in [0.15, 0.2) is 48.5 Å². The molecule has 2 aliphatic heterocycles. The Morgan fingerprint density at radius 2 is 0.852 bits per heavy atom. The van der Waals surface area contributed by atoms with Crippen LogP contribution in [-0.2, 0) is 19.5 Å². The summed E-state index contributed by atoms with van der Waals surface area (Å²) in [5.74, 6) is 0. The molecule has 126 valence electrons. The van der Waals surface area contributed by atoms with Crippen molar-refractivity contribution >= 4 is 46.4 Å². The van der Waals surface area contributed by atoms with Crippen LogP contribution in [0.4, 0.5) is 0 Å². The van der Waals surface area contributed by atoms with Crippen molar-refractivity contribution in [2.75, 3.05) is 0 Å². The minimum Gasteiger partial charge on any atom is -0.355 e. The zero-order valence-electron chi connectivity index (χ0n) is 14.7. The average Bonchev–Trinajstić information content (AvgIpc) is 3.42. The van der Waals surface area contributed by atoms with Crippen LogP contribution in [0.25, 0.3) is 46.4 Å². The second-order valence-corrected chi connectivity index (χ2v) is 5.91. The molecule has 5 heterocycles. The fourth-order valence-electron chi connectivity index (χ4n) is 2.94. The molecular weight excluding hydrogens is 386 g/mol. The number of aromatic nitrogens is 4. The van der Waals surface area contributed by atoms with Crippen LogP contribution >= 0.6 is 0 Å². The number of H-pyrrole nitrogens is 2.